The molecule has 0 bridgehead atoms. The monoisotopic (exact) mass is 341 g/mol. The molecule has 2 N–H and O–H groups in total. The van der Waals surface area contributed by atoms with Gasteiger partial charge in [0.25, 0.3) is 0 Å². The topological polar surface area (TPSA) is 71.7 Å². The Hall–Kier alpha value is -2.37. The van der Waals surface area contributed by atoms with Crippen molar-refractivity contribution in [3.8, 4) is 5.75 Å². The number of aromatic hydroxyl groups is 1. The second kappa shape index (κ2) is 7.68. The summed E-state index contributed by atoms with van der Waals surface area (Å²) in [5.74, 6) is -0.267. The molecule has 132 valence electrons. The van der Waals surface area contributed by atoms with Crippen LogP contribution in [0.5, 0.6) is 5.75 Å². The van der Waals surface area contributed by atoms with Gasteiger partial charge in [-0.05, 0) is 37.8 Å². The first-order chi connectivity index (χ1) is 12.1. The van der Waals surface area contributed by atoms with Crippen LogP contribution in [0.2, 0.25) is 0 Å². The minimum absolute atomic E-state index is 0.0134. The SMILES string of the molecule is CONC(C)CC(c1ccccc1)c1c(O)c2c(oc1=O)=CCCC=2. The molecule has 5 heteroatoms. The minimum Gasteiger partial charge on any atom is -0.507 e. The first-order valence-corrected chi connectivity index (χ1v) is 8.51. The van der Waals surface area contributed by atoms with Crippen LogP contribution in [-0.4, -0.2) is 18.3 Å². The molecule has 0 fully saturated rings. The molecule has 1 aromatic carbocycles. The highest BCUT2D eigenvalue weighted by Gasteiger charge is 2.26. The van der Waals surface area contributed by atoms with E-state index in [9.17, 15) is 9.90 Å². The van der Waals surface area contributed by atoms with E-state index in [1.165, 1.54) is 0 Å². The summed E-state index contributed by atoms with van der Waals surface area (Å²) in [7, 11) is 1.56. The average molecular weight is 341 g/mol. The van der Waals surface area contributed by atoms with Gasteiger partial charge in [-0.15, -0.1) is 0 Å². The van der Waals surface area contributed by atoms with Crippen LogP contribution in [-0.2, 0) is 4.84 Å². The lowest BCUT2D eigenvalue weighted by Gasteiger charge is -2.22. The number of nitrogens with one attached hydrogen (secondary N) is 1. The van der Waals surface area contributed by atoms with Crippen molar-refractivity contribution in [2.45, 2.75) is 38.1 Å². The van der Waals surface area contributed by atoms with Crippen LogP contribution < -0.4 is 21.7 Å². The molecule has 0 radical (unpaired) electrons. The van der Waals surface area contributed by atoms with E-state index >= 15 is 0 Å². The van der Waals surface area contributed by atoms with Gasteiger partial charge < -0.3 is 14.4 Å². The fourth-order valence-electron chi connectivity index (χ4n) is 3.38. The van der Waals surface area contributed by atoms with Crippen molar-refractivity contribution < 1.29 is 14.4 Å². The zero-order valence-corrected chi connectivity index (χ0v) is 14.5. The number of hydrogen-bond acceptors (Lipinski definition) is 5. The van der Waals surface area contributed by atoms with Crippen molar-refractivity contribution in [1.82, 2.24) is 5.48 Å². The normalized spacial score (nSPS) is 15.6. The highest BCUT2D eigenvalue weighted by Crippen LogP contribution is 2.30. The summed E-state index contributed by atoms with van der Waals surface area (Å²) in [6.07, 6.45) is 6.00. The third-order valence-corrected chi connectivity index (χ3v) is 4.50. The van der Waals surface area contributed by atoms with Gasteiger partial charge in [-0.25, -0.2) is 10.3 Å². The Kier molecular flexibility index (Phi) is 5.36. The van der Waals surface area contributed by atoms with E-state index in [-0.39, 0.29) is 17.7 Å². The zero-order valence-electron chi connectivity index (χ0n) is 14.5. The average Bonchev–Trinajstić information content (AvgIpc) is 2.62. The first kappa shape index (κ1) is 17.5. The zero-order chi connectivity index (χ0) is 17.8. The standard InChI is InChI=1S/C20H23NO4/c1-13(21-24-2)12-16(14-8-4-3-5-9-14)18-19(22)15-10-6-7-11-17(15)25-20(18)23/h3-5,8-11,13,16,21-22H,6-7,12H2,1-2H3. The van der Waals surface area contributed by atoms with Gasteiger partial charge in [0.15, 0.2) is 0 Å². The third kappa shape index (κ3) is 3.67. The van der Waals surface area contributed by atoms with Gasteiger partial charge in [-0.2, -0.15) is 0 Å². The van der Waals surface area contributed by atoms with Crippen molar-refractivity contribution in [2.75, 3.05) is 7.11 Å². The minimum atomic E-state index is -0.485. The van der Waals surface area contributed by atoms with Crippen LogP contribution in [0.1, 0.15) is 43.2 Å². The number of hydrogen-bond donors (Lipinski definition) is 2. The van der Waals surface area contributed by atoms with Crippen LogP contribution in [0, 0.1) is 0 Å². The fourth-order valence-corrected chi connectivity index (χ4v) is 3.38. The summed E-state index contributed by atoms with van der Waals surface area (Å²) < 4.78 is 5.50. The molecule has 1 aliphatic rings. The second-order valence-corrected chi connectivity index (χ2v) is 6.34. The molecule has 2 atom stereocenters. The molecule has 3 rings (SSSR count). The van der Waals surface area contributed by atoms with E-state index in [2.05, 4.69) is 5.48 Å². The molecular weight excluding hydrogens is 318 g/mol. The maximum Gasteiger partial charge on any atom is 0.343 e. The molecular formula is C20H23NO4. The van der Waals surface area contributed by atoms with Gasteiger partial charge in [0.2, 0.25) is 0 Å². The second-order valence-electron chi connectivity index (χ2n) is 6.34. The smallest absolute Gasteiger partial charge is 0.343 e. The lowest BCUT2D eigenvalue weighted by atomic mass is 9.86. The number of benzene rings is 1. The van der Waals surface area contributed by atoms with E-state index in [1.54, 1.807) is 7.11 Å². The van der Waals surface area contributed by atoms with Gasteiger partial charge in [-0.1, -0.05) is 36.4 Å². The van der Waals surface area contributed by atoms with Crippen molar-refractivity contribution in [3.05, 3.63) is 62.5 Å². The van der Waals surface area contributed by atoms with E-state index < -0.39 is 5.63 Å². The Bertz CT molecular complexity index is 902. The van der Waals surface area contributed by atoms with Crippen molar-refractivity contribution in [3.63, 3.8) is 0 Å². The van der Waals surface area contributed by atoms with Gasteiger partial charge >= 0.3 is 5.63 Å². The molecule has 0 aliphatic heterocycles. The fraction of sp³-hybridized carbons (Fsp3) is 0.350. The van der Waals surface area contributed by atoms with E-state index in [0.717, 1.165) is 18.4 Å². The Morgan fingerprint density at radius 2 is 1.96 bits per heavy atom. The summed E-state index contributed by atoms with van der Waals surface area (Å²) in [5, 5.41) is 11.4. The lowest BCUT2D eigenvalue weighted by molar-refractivity contribution is 0.0622. The van der Waals surface area contributed by atoms with Crippen molar-refractivity contribution >= 4 is 12.2 Å². The predicted molar refractivity (Wildman–Crippen MR) is 96.6 cm³/mol. The summed E-state index contributed by atoms with van der Waals surface area (Å²) in [4.78, 5) is 17.7. The first-order valence-electron chi connectivity index (χ1n) is 8.51. The lowest BCUT2D eigenvalue weighted by Crippen LogP contribution is -2.35. The maximum atomic E-state index is 12.7. The molecule has 1 aromatic heterocycles. The van der Waals surface area contributed by atoms with Gasteiger partial charge in [0.1, 0.15) is 11.2 Å². The Morgan fingerprint density at radius 3 is 2.68 bits per heavy atom. The molecule has 2 aromatic rings. The van der Waals surface area contributed by atoms with E-state index in [0.29, 0.717) is 22.6 Å². The number of rotatable bonds is 6. The molecule has 1 aliphatic carbocycles. The molecule has 0 spiro atoms. The Labute approximate surface area is 146 Å². The highest BCUT2D eigenvalue weighted by atomic mass is 16.6. The van der Waals surface area contributed by atoms with E-state index in [4.69, 9.17) is 9.25 Å². The molecule has 0 saturated heterocycles. The summed E-state index contributed by atoms with van der Waals surface area (Å²) in [6, 6.07) is 9.67. The van der Waals surface area contributed by atoms with Crippen LogP contribution in [0.25, 0.3) is 12.2 Å². The predicted octanol–water partition coefficient (Wildman–Crippen LogP) is 1.76. The van der Waals surface area contributed by atoms with Crippen LogP contribution >= 0.6 is 0 Å². The summed E-state index contributed by atoms with van der Waals surface area (Å²) in [6.45, 7) is 1.97. The molecule has 0 amide bonds. The molecule has 25 heavy (non-hydrogen) atoms. The summed E-state index contributed by atoms with van der Waals surface area (Å²) in [5.41, 5.74) is 4.13. The van der Waals surface area contributed by atoms with Crippen molar-refractivity contribution in [1.29, 1.82) is 0 Å². The Balaban J connectivity index is 2.16. The Morgan fingerprint density at radius 1 is 1.24 bits per heavy atom. The van der Waals surface area contributed by atoms with E-state index in [1.807, 2.05) is 49.4 Å². The molecule has 1 heterocycles. The number of hydroxylamine groups is 1. The largest absolute Gasteiger partial charge is 0.507 e. The van der Waals surface area contributed by atoms with Crippen LogP contribution in [0.15, 0.2) is 39.5 Å². The quantitative estimate of drug-likeness (QED) is 0.784. The maximum absolute atomic E-state index is 12.7. The van der Waals surface area contributed by atoms with Gasteiger partial charge in [0, 0.05) is 12.0 Å². The van der Waals surface area contributed by atoms with Gasteiger partial charge in [-0.3, -0.25) is 0 Å². The van der Waals surface area contributed by atoms with Gasteiger partial charge in [0.05, 0.1) is 17.9 Å². The summed E-state index contributed by atoms with van der Waals surface area (Å²) >= 11 is 0. The van der Waals surface area contributed by atoms with Crippen molar-refractivity contribution in [2.24, 2.45) is 0 Å². The third-order valence-electron chi connectivity index (χ3n) is 4.50. The highest BCUT2D eigenvalue weighted by molar-refractivity contribution is 5.46. The number of fused-ring (bicyclic) bond motifs is 1. The molecule has 2 unspecified atom stereocenters. The molecule has 0 saturated carbocycles. The van der Waals surface area contributed by atoms with Crippen LogP contribution in [0.4, 0.5) is 0 Å². The van der Waals surface area contributed by atoms with Crippen LogP contribution in [0.3, 0.4) is 0 Å². The molecule has 5 nitrogen and oxygen atoms in total.